The molecule has 4 aromatic heterocycles. The van der Waals surface area contributed by atoms with Gasteiger partial charge >= 0.3 is 0 Å². The van der Waals surface area contributed by atoms with E-state index in [1.165, 1.54) is 0 Å². The van der Waals surface area contributed by atoms with E-state index < -0.39 is 0 Å². The third kappa shape index (κ3) is 2.91. The van der Waals surface area contributed by atoms with Crippen molar-refractivity contribution in [3.05, 3.63) is 72.6 Å². The number of imidazole rings is 1. The monoisotopic (exact) mass is 319 g/mol. The molecular weight excluding hydrogens is 302 g/mol. The molecule has 0 aliphatic rings. The average Bonchev–Trinajstić information content (AvgIpc) is 3.23. The van der Waals surface area contributed by atoms with Crippen LogP contribution in [0, 0.1) is 0 Å². The summed E-state index contributed by atoms with van der Waals surface area (Å²) in [4.78, 5) is 10.6. The molecule has 0 aromatic carbocycles. The molecule has 0 amide bonds. The quantitative estimate of drug-likeness (QED) is 0.566. The zero-order valence-electron chi connectivity index (χ0n) is 13.3. The third-order valence-electron chi connectivity index (χ3n) is 3.89. The minimum atomic E-state index is 0.679. The lowest BCUT2D eigenvalue weighted by atomic mass is 10.2. The Bertz CT molecular complexity index is 944. The Morgan fingerprint density at radius 1 is 1.12 bits per heavy atom. The molecular formula is C18H17N5O. The van der Waals surface area contributed by atoms with Crippen LogP contribution in [0.1, 0.15) is 11.5 Å². The Morgan fingerprint density at radius 2 is 2.00 bits per heavy atom. The van der Waals surface area contributed by atoms with E-state index in [9.17, 15) is 0 Å². The third-order valence-corrected chi connectivity index (χ3v) is 3.89. The van der Waals surface area contributed by atoms with Gasteiger partial charge in [0.15, 0.2) is 5.76 Å². The van der Waals surface area contributed by atoms with Crippen molar-refractivity contribution in [2.75, 3.05) is 7.05 Å². The molecule has 0 spiro atoms. The summed E-state index contributed by atoms with van der Waals surface area (Å²) in [6, 6.07) is 11.8. The first-order valence-corrected chi connectivity index (χ1v) is 7.75. The van der Waals surface area contributed by atoms with Gasteiger partial charge in [0.25, 0.3) is 0 Å². The maximum atomic E-state index is 5.46. The van der Waals surface area contributed by atoms with Crippen LogP contribution >= 0.6 is 0 Å². The second kappa shape index (κ2) is 6.25. The van der Waals surface area contributed by atoms with Crippen LogP contribution in [0.4, 0.5) is 0 Å². The predicted molar refractivity (Wildman–Crippen MR) is 90.1 cm³/mol. The highest BCUT2D eigenvalue weighted by molar-refractivity contribution is 5.57. The van der Waals surface area contributed by atoms with Gasteiger partial charge in [0.05, 0.1) is 18.4 Å². The Morgan fingerprint density at radius 3 is 2.88 bits per heavy atom. The lowest BCUT2D eigenvalue weighted by Gasteiger charge is -2.14. The van der Waals surface area contributed by atoms with E-state index in [0.717, 1.165) is 34.9 Å². The Labute approximate surface area is 139 Å². The fraction of sp³-hybridized carbons (Fsp3) is 0.167. The van der Waals surface area contributed by atoms with E-state index >= 15 is 0 Å². The van der Waals surface area contributed by atoms with Crippen molar-refractivity contribution >= 4 is 5.65 Å². The first kappa shape index (κ1) is 14.6. The molecule has 0 N–H and O–H groups in total. The molecule has 0 saturated heterocycles. The number of aromatic nitrogens is 4. The average molecular weight is 319 g/mol. The summed E-state index contributed by atoms with van der Waals surface area (Å²) in [6.45, 7) is 1.45. The van der Waals surface area contributed by atoms with Crippen molar-refractivity contribution in [3.63, 3.8) is 0 Å². The van der Waals surface area contributed by atoms with Crippen LogP contribution in [0.15, 0.2) is 65.7 Å². The first-order valence-electron chi connectivity index (χ1n) is 7.75. The molecule has 4 heterocycles. The van der Waals surface area contributed by atoms with Gasteiger partial charge in [-0.3, -0.25) is 9.88 Å². The second-order valence-corrected chi connectivity index (χ2v) is 5.77. The van der Waals surface area contributed by atoms with Crippen LogP contribution in [-0.2, 0) is 13.1 Å². The van der Waals surface area contributed by atoms with E-state index in [1.54, 1.807) is 12.4 Å². The maximum Gasteiger partial charge on any atom is 0.151 e. The van der Waals surface area contributed by atoms with Gasteiger partial charge in [-0.05, 0) is 31.3 Å². The van der Waals surface area contributed by atoms with Crippen molar-refractivity contribution < 1.29 is 4.52 Å². The molecule has 0 aliphatic heterocycles. The first-order chi connectivity index (χ1) is 11.8. The summed E-state index contributed by atoms with van der Waals surface area (Å²) in [5.41, 5.74) is 3.93. The molecule has 6 heteroatoms. The van der Waals surface area contributed by atoms with Crippen molar-refractivity contribution in [3.8, 4) is 11.3 Å². The topological polar surface area (TPSA) is 59.5 Å². The molecule has 0 radical (unpaired) electrons. The number of hydrogen-bond donors (Lipinski definition) is 0. The Hall–Kier alpha value is -2.99. The molecule has 0 unspecified atom stereocenters. The number of pyridine rings is 2. The van der Waals surface area contributed by atoms with Crippen molar-refractivity contribution in [1.29, 1.82) is 0 Å². The Kier molecular flexibility index (Phi) is 3.80. The largest absolute Gasteiger partial charge is 0.359 e. The van der Waals surface area contributed by atoms with Gasteiger partial charge in [-0.1, -0.05) is 11.2 Å². The number of hydrogen-bond acceptors (Lipinski definition) is 5. The molecule has 24 heavy (non-hydrogen) atoms. The summed E-state index contributed by atoms with van der Waals surface area (Å²) < 4.78 is 7.56. The normalized spacial score (nSPS) is 11.4. The van der Waals surface area contributed by atoms with Crippen LogP contribution in [-0.4, -0.2) is 31.5 Å². The molecule has 4 rings (SSSR count). The molecule has 0 bridgehead atoms. The molecule has 0 saturated carbocycles. The highest BCUT2D eigenvalue weighted by Gasteiger charge is 2.11. The second-order valence-electron chi connectivity index (χ2n) is 5.77. The SMILES string of the molecule is CN(Cc1cc(-c2ccncc2)no1)Cc1cnc2ccccn12. The minimum absolute atomic E-state index is 0.679. The lowest BCUT2D eigenvalue weighted by Crippen LogP contribution is -2.17. The van der Waals surface area contributed by atoms with E-state index in [0.29, 0.717) is 6.54 Å². The Balaban J connectivity index is 1.47. The lowest BCUT2D eigenvalue weighted by molar-refractivity contribution is 0.264. The van der Waals surface area contributed by atoms with Crippen molar-refractivity contribution in [2.45, 2.75) is 13.1 Å². The predicted octanol–water partition coefficient (Wildman–Crippen LogP) is 3.02. The van der Waals surface area contributed by atoms with Crippen LogP contribution < -0.4 is 0 Å². The number of fused-ring (bicyclic) bond motifs is 1. The summed E-state index contributed by atoms with van der Waals surface area (Å²) in [6.07, 6.45) is 7.44. The summed E-state index contributed by atoms with van der Waals surface area (Å²) in [7, 11) is 2.05. The van der Waals surface area contributed by atoms with Gasteiger partial charge in [0, 0.05) is 36.8 Å². The van der Waals surface area contributed by atoms with Crippen LogP contribution in [0.5, 0.6) is 0 Å². The zero-order valence-corrected chi connectivity index (χ0v) is 13.3. The summed E-state index contributed by atoms with van der Waals surface area (Å²) in [5, 5.41) is 4.14. The highest BCUT2D eigenvalue weighted by atomic mass is 16.5. The van der Waals surface area contributed by atoms with Gasteiger partial charge in [0.2, 0.25) is 0 Å². The van der Waals surface area contributed by atoms with Gasteiger partial charge in [-0.2, -0.15) is 0 Å². The maximum absolute atomic E-state index is 5.46. The zero-order chi connectivity index (χ0) is 16.4. The molecule has 120 valence electrons. The van der Waals surface area contributed by atoms with E-state index in [-0.39, 0.29) is 0 Å². The fourth-order valence-corrected chi connectivity index (χ4v) is 2.75. The van der Waals surface area contributed by atoms with Gasteiger partial charge in [-0.25, -0.2) is 4.98 Å². The van der Waals surface area contributed by atoms with E-state index in [4.69, 9.17) is 4.52 Å². The molecule has 0 atom stereocenters. The van der Waals surface area contributed by atoms with E-state index in [1.807, 2.05) is 48.8 Å². The fourth-order valence-electron chi connectivity index (χ4n) is 2.75. The van der Waals surface area contributed by atoms with Crippen LogP contribution in [0.2, 0.25) is 0 Å². The molecule has 4 aromatic rings. The number of rotatable bonds is 5. The summed E-state index contributed by atoms with van der Waals surface area (Å²) in [5.74, 6) is 0.832. The number of nitrogens with zero attached hydrogens (tertiary/aromatic N) is 5. The summed E-state index contributed by atoms with van der Waals surface area (Å²) >= 11 is 0. The van der Waals surface area contributed by atoms with Crippen molar-refractivity contribution in [2.24, 2.45) is 0 Å². The van der Waals surface area contributed by atoms with Crippen LogP contribution in [0.3, 0.4) is 0 Å². The smallest absolute Gasteiger partial charge is 0.151 e. The van der Waals surface area contributed by atoms with Crippen LogP contribution in [0.25, 0.3) is 16.9 Å². The van der Waals surface area contributed by atoms with Crippen molar-refractivity contribution in [1.82, 2.24) is 24.4 Å². The van der Waals surface area contributed by atoms with Gasteiger partial charge in [0.1, 0.15) is 11.3 Å². The van der Waals surface area contributed by atoms with E-state index in [2.05, 4.69) is 31.5 Å². The standard InChI is InChI=1S/C18H17N5O/c1-22(12-15-11-20-18-4-2-3-9-23(15)18)13-16-10-17(21-24-16)14-5-7-19-8-6-14/h2-11H,12-13H2,1H3. The molecule has 6 nitrogen and oxygen atoms in total. The molecule has 0 fully saturated rings. The minimum Gasteiger partial charge on any atom is -0.359 e. The highest BCUT2D eigenvalue weighted by Crippen LogP contribution is 2.19. The van der Waals surface area contributed by atoms with Gasteiger partial charge < -0.3 is 8.92 Å². The molecule has 0 aliphatic carbocycles. The van der Waals surface area contributed by atoms with Gasteiger partial charge in [-0.15, -0.1) is 0 Å².